The van der Waals surface area contributed by atoms with E-state index in [2.05, 4.69) is 9.98 Å². The zero-order chi connectivity index (χ0) is 21.0. The van der Waals surface area contributed by atoms with Gasteiger partial charge in [-0.25, -0.2) is 31.6 Å². The van der Waals surface area contributed by atoms with Gasteiger partial charge in [0.05, 0.1) is 17.7 Å². The predicted octanol–water partition coefficient (Wildman–Crippen LogP) is 3.27. The number of hydrogen-bond donors (Lipinski definition) is 0. The summed E-state index contributed by atoms with van der Waals surface area (Å²) in [6, 6.07) is 10.5. The number of amidine groups is 1. The Kier molecular flexibility index (Phi) is 6.21. The van der Waals surface area contributed by atoms with Crippen molar-refractivity contribution >= 4 is 27.7 Å². The van der Waals surface area contributed by atoms with E-state index in [1.807, 2.05) is 0 Å². The van der Waals surface area contributed by atoms with Crippen LogP contribution in [0.3, 0.4) is 0 Å². The molecule has 6 nitrogen and oxygen atoms in total. The number of alkyl halides is 2. The molecule has 0 aromatic heterocycles. The van der Waals surface area contributed by atoms with Gasteiger partial charge in [0.1, 0.15) is 24.8 Å². The highest BCUT2D eigenvalue weighted by Gasteiger charge is 2.17. The standard InChI is InChI=1S/C19H18F3N3O3S/c1-29(26,27)10-13-3-2-4-15(7-13)25-11-23-19(24-12-25)16-6-5-14(20)8-17(16)28-9-18(21)22/h2-8,11,18H,9-10,12H2,1H3. The summed E-state index contributed by atoms with van der Waals surface area (Å²) in [6.07, 6.45) is -0.0467. The zero-order valence-corrected chi connectivity index (χ0v) is 16.2. The Hall–Kier alpha value is -2.88. The van der Waals surface area contributed by atoms with Crippen molar-refractivity contribution in [1.82, 2.24) is 0 Å². The normalized spacial score (nSPS) is 14.2. The largest absolute Gasteiger partial charge is 0.487 e. The topological polar surface area (TPSA) is 71.3 Å². The van der Waals surface area contributed by atoms with Crippen molar-refractivity contribution in [2.24, 2.45) is 9.98 Å². The number of rotatable bonds is 7. The third-order valence-electron chi connectivity index (χ3n) is 3.91. The lowest BCUT2D eigenvalue weighted by Crippen LogP contribution is -2.27. The Labute approximate surface area is 166 Å². The molecule has 0 saturated heterocycles. The van der Waals surface area contributed by atoms with Crippen LogP contribution in [0.25, 0.3) is 0 Å². The van der Waals surface area contributed by atoms with E-state index < -0.39 is 28.7 Å². The van der Waals surface area contributed by atoms with Crippen molar-refractivity contribution in [1.29, 1.82) is 0 Å². The van der Waals surface area contributed by atoms with Crippen LogP contribution in [0.5, 0.6) is 5.75 Å². The molecule has 1 aliphatic heterocycles. The van der Waals surface area contributed by atoms with Gasteiger partial charge >= 0.3 is 0 Å². The Morgan fingerprint density at radius 3 is 2.66 bits per heavy atom. The van der Waals surface area contributed by atoms with Gasteiger partial charge < -0.3 is 9.64 Å². The molecule has 0 bridgehead atoms. The zero-order valence-electron chi connectivity index (χ0n) is 15.4. The van der Waals surface area contributed by atoms with Crippen molar-refractivity contribution in [3.63, 3.8) is 0 Å². The Morgan fingerprint density at radius 2 is 2.00 bits per heavy atom. The van der Waals surface area contributed by atoms with Crippen molar-refractivity contribution in [3.8, 4) is 5.75 Å². The summed E-state index contributed by atoms with van der Waals surface area (Å²) in [5.41, 5.74) is 1.63. The molecule has 1 aliphatic rings. The SMILES string of the molecule is CS(=O)(=O)Cc1cccc(N2C=NC(c3ccc(F)cc3OCC(F)F)=NC2)c1. The van der Waals surface area contributed by atoms with E-state index in [4.69, 9.17) is 4.74 Å². The lowest BCUT2D eigenvalue weighted by molar-refractivity contribution is 0.0816. The van der Waals surface area contributed by atoms with Gasteiger partial charge in [-0.3, -0.25) is 0 Å². The maximum Gasteiger partial charge on any atom is 0.272 e. The molecule has 1 heterocycles. The van der Waals surface area contributed by atoms with Gasteiger partial charge in [0.25, 0.3) is 6.43 Å². The minimum absolute atomic E-state index is 0.0650. The van der Waals surface area contributed by atoms with Crippen molar-refractivity contribution < 1.29 is 26.3 Å². The first kappa shape index (κ1) is 20.8. The van der Waals surface area contributed by atoms with E-state index in [1.54, 1.807) is 29.2 Å². The van der Waals surface area contributed by atoms with Crippen LogP contribution >= 0.6 is 0 Å². The highest BCUT2D eigenvalue weighted by Crippen LogP contribution is 2.24. The smallest absolute Gasteiger partial charge is 0.272 e. The average Bonchev–Trinajstić information content (AvgIpc) is 2.65. The molecule has 2 aromatic rings. The molecule has 0 saturated carbocycles. The van der Waals surface area contributed by atoms with Gasteiger partial charge in [-0.15, -0.1) is 0 Å². The van der Waals surface area contributed by atoms with E-state index in [0.29, 0.717) is 16.8 Å². The number of anilines is 1. The second kappa shape index (κ2) is 8.64. The van der Waals surface area contributed by atoms with E-state index >= 15 is 0 Å². The van der Waals surface area contributed by atoms with E-state index in [0.717, 1.165) is 12.3 Å². The molecule has 2 aromatic carbocycles. The molecule has 154 valence electrons. The van der Waals surface area contributed by atoms with Crippen LogP contribution in [0.4, 0.5) is 18.9 Å². The number of aliphatic imine (C=N–C) groups is 2. The fourth-order valence-electron chi connectivity index (χ4n) is 2.73. The van der Waals surface area contributed by atoms with Gasteiger partial charge in [-0.1, -0.05) is 12.1 Å². The molecule has 3 rings (SSSR count). The second-order valence-corrected chi connectivity index (χ2v) is 8.56. The second-order valence-electron chi connectivity index (χ2n) is 6.42. The number of nitrogens with zero attached hydrogens (tertiary/aromatic N) is 3. The first-order chi connectivity index (χ1) is 13.7. The van der Waals surface area contributed by atoms with Crippen molar-refractivity contribution in [3.05, 3.63) is 59.4 Å². The fraction of sp³-hybridized carbons (Fsp3) is 0.263. The first-order valence-electron chi connectivity index (χ1n) is 8.54. The maximum absolute atomic E-state index is 13.5. The van der Waals surface area contributed by atoms with E-state index in [-0.39, 0.29) is 24.0 Å². The van der Waals surface area contributed by atoms with Crippen LogP contribution in [-0.4, -0.2) is 46.5 Å². The van der Waals surface area contributed by atoms with Crippen LogP contribution in [0.2, 0.25) is 0 Å². The molecule has 0 fully saturated rings. The number of benzene rings is 2. The number of hydrogen-bond acceptors (Lipinski definition) is 6. The number of halogens is 3. The van der Waals surface area contributed by atoms with Gasteiger partial charge in [-0.2, -0.15) is 0 Å². The quantitative estimate of drug-likeness (QED) is 0.683. The van der Waals surface area contributed by atoms with Crippen LogP contribution in [0.15, 0.2) is 52.4 Å². The van der Waals surface area contributed by atoms with Crippen LogP contribution in [0.1, 0.15) is 11.1 Å². The summed E-state index contributed by atoms with van der Waals surface area (Å²) in [4.78, 5) is 10.2. The van der Waals surface area contributed by atoms with E-state index in [1.165, 1.54) is 18.5 Å². The Bertz CT molecular complexity index is 1060. The van der Waals surface area contributed by atoms with Gasteiger partial charge in [0.15, 0.2) is 15.7 Å². The van der Waals surface area contributed by atoms with Gasteiger partial charge in [-0.05, 0) is 29.8 Å². The predicted molar refractivity (Wildman–Crippen MR) is 105 cm³/mol. The fourth-order valence-corrected chi connectivity index (χ4v) is 3.51. The van der Waals surface area contributed by atoms with Crippen molar-refractivity contribution in [2.75, 3.05) is 24.4 Å². The van der Waals surface area contributed by atoms with Crippen LogP contribution in [-0.2, 0) is 15.6 Å². The van der Waals surface area contributed by atoms with E-state index in [9.17, 15) is 21.6 Å². The summed E-state index contributed by atoms with van der Waals surface area (Å²) in [5.74, 6) is -0.550. The summed E-state index contributed by atoms with van der Waals surface area (Å²) in [7, 11) is -3.17. The summed E-state index contributed by atoms with van der Waals surface area (Å²) in [6.45, 7) is -0.709. The lowest BCUT2D eigenvalue weighted by atomic mass is 10.1. The highest BCUT2D eigenvalue weighted by atomic mass is 32.2. The molecule has 10 heteroatoms. The van der Waals surface area contributed by atoms with Gasteiger partial charge in [0.2, 0.25) is 0 Å². The van der Waals surface area contributed by atoms with Crippen LogP contribution < -0.4 is 9.64 Å². The Balaban J connectivity index is 1.78. The third kappa shape index (κ3) is 5.80. The summed E-state index contributed by atoms with van der Waals surface area (Å²) in [5, 5.41) is 0. The molecule has 0 amide bonds. The molecule has 29 heavy (non-hydrogen) atoms. The number of sulfone groups is 1. The minimum atomic E-state index is -3.17. The number of ether oxygens (including phenoxy) is 1. The average molecular weight is 425 g/mol. The summed E-state index contributed by atoms with van der Waals surface area (Å²) < 4.78 is 66.3. The molecule has 0 atom stereocenters. The monoisotopic (exact) mass is 425 g/mol. The Morgan fingerprint density at radius 1 is 1.21 bits per heavy atom. The lowest BCUT2D eigenvalue weighted by Gasteiger charge is -2.22. The molecular weight excluding hydrogens is 407 g/mol. The van der Waals surface area contributed by atoms with Crippen molar-refractivity contribution in [2.45, 2.75) is 12.2 Å². The molecule has 0 radical (unpaired) electrons. The summed E-state index contributed by atoms with van der Waals surface area (Å²) >= 11 is 0. The minimum Gasteiger partial charge on any atom is -0.487 e. The molecule has 0 unspecified atom stereocenters. The maximum atomic E-state index is 13.5. The van der Waals surface area contributed by atoms with Crippen LogP contribution in [0, 0.1) is 5.82 Å². The third-order valence-corrected chi connectivity index (χ3v) is 4.77. The molecule has 0 N–H and O–H groups in total. The first-order valence-corrected chi connectivity index (χ1v) is 10.6. The molecule has 0 spiro atoms. The molecule has 0 aliphatic carbocycles. The molecular formula is C19H18F3N3O3S. The van der Waals surface area contributed by atoms with Gasteiger partial charge in [0, 0.05) is 18.0 Å². The highest BCUT2D eigenvalue weighted by molar-refractivity contribution is 7.89.